The molecule has 6 aliphatic heterocycles. The number of hydrogen-bond acceptors (Lipinski definition) is 27. The number of thiazole rings is 2. The van der Waals surface area contributed by atoms with E-state index >= 15 is 17.6 Å². The summed E-state index contributed by atoms with van der Waals surface area (Å²) in [6.45, 7) is 6.64. The van der Waals surface area contributed by atoms with Gasteiger partial charge < -0.3 is 62.5 Å². The largest absolute Gasteiger partial charge is 0.505 e. The molecule has 0 spiro atoms. The molecule has 103 heavy (non-hydrogen) atoms. The Morgan fingerprint density at radius 3 is 1.51 bits per heavy atom. The zero-order valence-electron chi connectivity index (χ0n) is 54.4. The lowest BCUT2D eigenvalue weighted by molar-refractivity contribution is -0.140. The Morgan fingerprint density at radius 1 is 0.573 bits per heavy atom. The van der Waals surface area contributed by atoms with Crippen LogP contribution in [0.15, 0.2) is 121 Å². The number of ether oxygens (including phenoxy) is 3. The van der Waals surface area contributed by atoms with Crippen LogP contribution in [0.3, 0.4) is 0 Å². The van der Waals surface area contributed by atoms with E-state index in [1.807, 2.05) is 70.1 Å². The molecule has 0 saturated carbocycles. The number of nitrogens with zero attached hydrogens (tertiary/aromatic N) is 11. The summed E-state index contributed by atoms with van der Waals surface area (Å²) in [4.78, 5) is 64.4. The highest BCUT2D eigenvalue weighted by molar-refractivity contribution is 7.14. The van der Waals surface area contributed by atoms with Gasteiger partial charge in [0, 0.05) is 96.5 Å². The molecule has 3 unspecified atom stereocenters. The Bertz CT molecular complexity index is 4740. The third-order valence-corrected chi connectivity index (χ3v) is 22.4. The van der Waals surface area contributed by atoms with E-state index in [2.05, 4.69) is 30.6 Å². The number of nitrogens with two attached hydrogens (primary N) is 3. The van der Waals surface area contributed by atoms with Crippen molar-refractivity contribution < 1.29 is 65.4 Å². The highest BCUT2D eigenvalue weighted by Crippen LogP contribution is 2.50. The molecule has 6 aliphatic rings. The van der Waals surface area contributed by atoms with E-state index in [9.17, 15) is 48.0 Å². The molecule has 12 N–H and O–H groups in total. The van der Waals surface area contributed by atoms with E-state index < -0.39 is 108 Å². The zero-order valence-corrected chi connectivity index (χ0v) is 58.5. The Morgan fingerprint density at radius 2 is 1.04 bits per heavy atom. The monoisotopic (exact) mass is 1530 g/mol. The van der Waals surface area contributed by atoms with Gasteiger partial charge in [0.15, 0.2) is 21.8 Å². The van der Waals surface area contributed by atoms with Crippen LogP contribution >= 0.6 is 56.9 Å². The van der Waals surface area contributed by atoms with Crippen molar-refractivity contribution >= 4 is 84.7 Å². The first-order valence-corrected chi connectivity index (χ1v) is 36.2. The molecule has 0 bridgehead atoms. The molecule has 0 radical (unpaired) electrons. The smallest absolute Gasteiger partial charge is 0.351 e. The summed E-state index contributed by atoms with van der Waals surface area (Å²) >= 11 is 12.3. The predicted molar refractivity (Wildman–Crippen MR) is 371 cm³/mol. The number of phenols is 1. The number of thiophene rings is 2. The van der Waals surface area contributed by atoms with Crippen LogP contribution in [-0.2, 0) is 33.6 Å². The van der Waals surface area contributed by atoms with E-state index in [1.54, 1.807) is 39.0 Å². The van der Waals surface area contributed by atoms with Crippen LogP contribution in [-0.4, -0.2) is 174 Å². The number of alkyl halides is 6. The van der Waals surface area contributed by atoms with Crippen LogP contribution in [0.2, 0.25) is 5.02 Å². The van der Waals surface area contributed by atoms with E-state index in [0.717, 1.165) is 63.9 Å². The number of rotatable bonds is 16. The lowest BCUT2D eigenvalue weighted by atomic mass is 9.90. The van der Waals surface area contributed by atoms with Crippen LogP contribution in [0.25, 0.3) is 0 Å². The highest BCUT2D eigenvalue weighted by atomic mass is 35.5. The van der Waals surface area contributed by atoms with Gasteiger partial charge in [-0.05, 0) is 120 Å². The van der Waals surface area contributed by atoms with Crippen molar-refractivity contribution in [1.29, 1.82) is 0 Å². The average molecular weight is 1530 g/mol. The molecule has 0 amide bonds. The lowest BCUT2D eigenvalue weighted by Crippen LogP contribution is -2.46. The van der Waals surface area contributed by atoms with Gasteiger partial charge in [0.2, 0.25) is 18.7 Å². The van der Waals surface area contributed by atoms with Crippen molar-refractivity contribution in [2.75, 3.05) is 73.6 Å². The van der Waals surface area contributed by atoms with Crippen LogP contribution in [0.4, 0.5) is 58.4 Å². The fourth-order valence-electron chi connectivity index (χ4n) is 13.7. The number of aromatic nitrogens is 8. The van der Waals surface area contributed by atoms with Gasteiger partial charge in [0.1, 0.15) is 54.1 Å². The van der Waals surface area contributed by atoms with Gasteiger partial charge in [0.25, 0.3) is 0 Å². The number of aromatic hydroxyl groups is 1. The minimum absolute atomic E-state index is 0.0307. The van der Waals surface area contributed by atoms with Crippen molar-refractivity contribution in [2.45, 2.75) is 124 Å². The Labute approximate surface area is 602 Å². The molecule has 0 aliphatic carbocycles. The van der Waals surface area contributed by atoms with Crippen LogP contribution < -0.4 is 44.9 Å². The predicted octanol–water partition coefficient (Wildman–Crippen LogP) is 7.46. The number of nitrogens with one attached hydrogen (secondary N) is 2. The fourth-order valence-corrected chi connectivity index (χ4v) is 17.5. The second kappa shape index (κ2) is 29.5. The fraction of sp³-hybridized carbons (Fsp3) is 0.415. The normalized spacial score (nSPS) is 26.2. The Balaban J connectivity index is 0.000000138. The Hall–Kier alpha value is -8.02. The van der Waals surface area contributed by atoms with E-state index in [-0.39, 0.29) is 49.2 Å². The lowest BCUT2D eigenvalue weighted by Gasteiger charge is -2.38. The number of aliphatic hydroxyl groups is 3. The second-order valence-electron chi connectivity index (χ2n) is 25.1. The molecule has 38 heteroatoms. The van der Waals surface area contributed by atoms with Gasteiger partial charge in [-0.1, -0.05) is 23.7 Å². The summed E-state index contributed by atoms with van der Waals surface area (Å²) in [5.74, 6) is -12.8. The van der Waals surface area contributed by atoms with Gasteiger partial charge in [-0.3, -0.25) is 28.4 Å². The maximum Gasteiger partial charge on any atom is 0.351 e. The van der Waals surface area contributed by atoms with E-state index in [4.69, 9.17) is 48.0 Å². The third kappa shape index (κ3) is 14.4. The number of anilines is 5. The number of aliphatic hydroxyl groups excluding tert-OH is 3. The van der Waals surface area contributed by atoms with Crippen molar-refractivity contribution in [3.8, 4) is 5.75 Å². The zero-order chi connectivity index (χ0) is 73.1. The molecule has 13 heterocycles. The first kappa shape index (κ1) is 73.3. The minimum atomic E-state index is -3.80. The number of nitrogen functional groups attached to an aromatic ring is 3. The van der Waals surface area contributed by atoms with Crippen LogP contribution in [0.1, 0.15) is 99.6 Å². The topological polar surface area (TPSA) is 351 Å². The molecule has 3 fully saturated rings. The van der Waals surface area contributed by atoms with Gasteiger partial charge in [-0.25, -0.2) is 28.7 Å². The summed E-state index contributed by atoms with van der Waals surface area (Å²) in [5.41, 5.74) is 19.1. The van der Waals surface area contributed by atoms with Gasteiger partial charge >= 0.3 is 34.8 Å². The number of benzene rings is 2. The molecule has 7 aromatic heterocycles. The summed E-state index contributed by atoms with van der Waals surface area (Å²) in [6, 6.07) is 16.6. The number of hydrogen-bond donors (Lipinski definition) is 9. The summed E-state index contributed by atoms with van der Waals surface area (Å²) in [6.07, 6.45) is -11.9. The molecule has 3 saturated heterocycles. The second-order valence-corrected chi connectivity index (χ2v) is 29.2. The number of halogens is 8. The summed E-state index contributed by atoms with van der Waals surface area (Å²) in [5, 5.41) is 57.7. The molecular weight excluding hydrogens is 1460 g/mol. The van der Waals surface area contributed by atoms with Gasteiger partial charge in [0.05, 0.1) is 29.5 Å². The van der Waals surface area contributed by atoms with Crippen LogP contribution in [0.5, 0.6) is 5.75 Å². The Kier molecular flexibility index (Phi) is 21.0. The molecule has 2 aromatic carbocycles. The summed E-state index contributed by atoms with van der Waals surface area (Å²) in [7, 11) is 0. The van der Waals surface area contributed by atoms with Crippen molar-refractivity contribution in [3.63, 3.8) is 0 Å². The third-order valence-electron chi connectivity index (χ3n) is 18.5. The standard InChI is InChI=1S/C23H25F3N6O4S.C21H19ClF2N4O3S.C21H24F2N6O3S2/c1-2-28-21-29-14(10-37-21)18-12-8-15(33)13(24)7-11(12)3-5-31(18)9-16-19(34)23(25,26)20(36-16)32-6-4-17(27)30-22(32)35;22-13-3-1-2-11(8-13)16-17-12(5-7-32-17)9-27(16)10-14-18(29)21(23,24)19(31-14)28-6-4-15(25)26-20(28)30;1-2-25-19-26-12(10-34-19)16-11-5-8-33-14(11)3-6-28(16)9-13-17(30)21(22,23)18(32-13)29-7-4-15(24)27-20(29)31/h4,6-8,10,16,18-20,33-34H,2-3,5,9H2,1H3,(H,28,29)(H2,27,30,35);1-8,14,16,18-19,29H,9-10H2,(H2,25,26,30);4-5,7-8,10,13,16-18,30H,2-3,6,9H2,1H3,(H,25,26)(H2,24,27,31)/t16-,18?,19-,20-;14-,16?,18-,19-;13-,16?,17-,18-/m111/s1. The molecule has 15 rings (SSSR count). The average Bonchev–Trinajstić information content (AvgIpc) is 1.64. The molecule has 26 nitrogen and oxygen atoms in total. The summed E-state index contributed by atoms with van der Waals surface area (Å²) < 4.78 is 123. The first-order chi connectivity index (χ1) is 49.1. The highest BCUT2D eigenvalue weighted by Gasteiger charge is 2.63. The quantitative estimate of drug-likeness (QED) is 0.0424. The van der Waals surface area contributed by atoms with Crippen molar-refractivity contribution in [2.24, 2.45) is 0 Å². The molecule has 548 valence electrons. The molecular formula is C65H68ClF7N16O10S4. The van der Waals surface area contributed by atoms with Crippen LogP contribution in [0, 0.1) is 5.82 Å². The van der Waals surface area contributed by atoms with E-state index in [0.29, 0.717) is 73.3 Å². The number of fused-ring (bicyclic) bond motifs is 3. The van der Waals surface area contributed by atoms with Gasteiger partial charge in [-0.15, -0.1) is 45.3 Å². The first-order valence-electron chi connectivity index (χ1n) is 32.3. The maximum atomic E-state index is 15.1. The molecule has 9 aromatic rings. The van der Waals surface area contributed by atoms with Crippen molar-refractivity contribution in [1.82, 2.24) is 53.3 Å². The molecule has 12 atom stereocenters. The van der Waals surface area contributed by atoms with Crippen molar-refractivity contribution in [3.05, 3.63) is 198 Å². The van der Waals surface area contributed by atoms with Gasteiger partial charge in [-0.2, -0.15) is 41.3 Å². The maximum absolute atomic E-state index is 15.1. The SMILES string of the molecule is CCNc1nc(C2c3cc(O)c(F)cc3CCN2C[C@H]2O[C@@H](n3ccc(N)nc3=O)C(F)(F)[C@@H]2O)cs1.CCNc1nc(C2c3ccsc3CCN2C[C@H]2O[C@@H](n3ccc(N)nc3=O)C(F)(F)[C@@H]2O)cs1.Nc1ccn([C@@H]2O[C@H](CN3Cc4ccsc4C3c3cccc(Cl)c3)[C@@H](O)C2(F)F)c(=O)n1. The van der Waals surface area contributed by atoms with E-state index in [1.165, 1.54) is 57.9 Å². The minimum Gasteiger partial charge on any atom is -0.505 e. The number of phenolic OH excluding ortho intramolecular Hbond substituents is 1.